The van der Waals surface area contributed by atoms with Crippen molar-refractivity contribution >= 4 is 16.5 Å². The first-order valence-corrected chi connectivity index (χ1v) is 8.74. The van der Waals surface area contributed by atoms with Gasteiger partial charge in [-0.3, -0.25) is 9.80 Å². The van der Waals surface area contributed by atoms with Crippen LogP contribution in [0.25, 0.3) is 0 Å². The summed E-state index contributed by atoms with van der Waals surface area (Å²) in [6.45, 7) is 9.81. The molecule has 118 valence electrons. The summed E-state index contributed by atoms with van der Waals surface area (Å²) >= 11 is 1.61. The molecule has 0 spiro atoms. The van der Waals surface area contributed by atoms with Gasteiger partial charge in [-0.1, -0.05) is 0 Å². The first-order valence-electron chi connectivity index (χ1n) is 7.92. The van der Waals surface area contributed by atoms with Gasteiger partial charge in [0.2, 0.25) is 0 Å². The van der Waals surface area contributed by atoms with Crippen molar-refractivity contribution in [3.05, 3.63) is 11.1 Å². The van der Waals surface area contributed by atoms with Gasteiger partial charge >= 0.3 is 0 Å². The van der Waals surface area contributed by atoms with Crippen molar-refractivity contribution in [2.45, 2.75) is 51.5 Å². The van der Waals surface area contributed by atoms with Crippen LogP contribution >= 0.6 is 11.3 Å². The van der Waals surface area contributed by atoms with Gasteiger partial charge in [-0.2, -0.15) is 0 Å². The number of hydrogen-bond acceptors (Lipinski definition) is 6. The van der Waals surface area contributed by atoms with E-state index in [1.807, 2.05) is 6.20 Å². The molecule has 2 saturated heterocycles. The average Bonchev–Trinajstić information content (AvgIpc) is 2.99. The Hall–Kier alpha value is -0.690. The van der Waals surface area contributed by atoms with Crippen LogP contribution in [0.5, 0.6) is 0 Å². The van der Waals surface area contributed by atoms with Gasteiger partial charge in [-0.05, 0) is 33.2 Å². The van der Waals surface area contributed by atoms with Gasteiger partial charge in [0, 0.05) is 43.3 Å². The molecule has 2 aliphatic rings. The maximum Gasteiger partial charge on any atom is 0.180 e. The number of morpholine rings is 1. The second kappa shape index (κ2) is 6.60. The number of aromatic nitrogens is 1. The SMILES string of the molecule is CC1CN(CC2CCCN2Cc2cnc(N)s2)CC(C)O1. The van der Waals surface area contributed by atoms with Gasteiger partial charge < -0.3 is 10.5 Å². The Morgan fingerprint density at radius 3 is 2.81 bits per heavy atom. The van der Waals surface area contributed by atoms with Crippen LogP contribution in [0.2, 0.25) is 0 Å². The Bertz CT molecular complexity index is 456. The Morgan fingerprint density at radius 2 is 2.14 bits per heavy atom. The second-order valence-electron chi connectivity index (χ2n) is 6.41. The van der Waals surface area contributed by atoms with E-state index in [-0.39, 0.29) is 0 Å². The third kappa shape index (κ3) is 3.94. The summed E-state index contributed by atoms with van der Waals surface area (Å²) in [6.07, 6.45) is 5.23. The van der Waals surface area contributed by atoms with E-state index in [0.717, 1.165) is 26.2 Å². The Labute approximate surface area is 131 Å². The average molecular weight is 310 g/mol. The second-order valence-corrected chi connectivity index (χ2v) is 7.55. The molecule has 2 fully saturated rings. The highest BCUT2D eigenvalue weighted by atomic mass is 32.1. The van der Waals surface area contributed by atoms with Crippen LogP contribution in [0.15, 0.2) is 6.20 Å². The van der Waals surface area contributed by atoms with Gasteiger partial charge in [0.25, 0.3) is 0 Å². The van der Waals surface area contributed by atoms with Crippen molar-refractivity contribution in [2.24, 2.45) is 0 Å². The van der Waals surface area contributed by atoms with Crippen LogP contribution in [-0.4, -0.2) is 59.2 Å². The van der Waals surface area contributed by atoms with E-state index in [2.05, 4.69) is 28.6 Å². The molecule has 0 amide bonds. The monoisotopic (exact) mass is 310 g/mol. The number of hydrogen-bond donors (Lipinski definition) is 1. The summed E-state index contributed by atoms with van der Waals surface area (Å²) in [5, 5.41) is 0.677. The molecular weight excluding hydrogens is 284 g/mol. The largest absolute Gasteiger partial charge is 0.375 e. The van der Waals surface area contributed by atoms with E-state index in [0.29, 0.717) is 23.4 Å². The topological polar surface area (TPSA) is 54.6 Å². The molecule has 1 aromatic rings. The molecule has 2 aliphatic heterocycles. The van der Waals surface area contributed by atoms with Crippen molar-refractivity contribution in [3.63, 3.8) is 0 Å². The van der Waals surface area contributed by atoms with Gasteiger partial charge in [0.05, 0.1) is 12.2 Å². The van der Waals surface area contributed by atoms with E-state index in [4.69, 9.17) is 10.5 Å². The molecule has 2 N–H and O–H groups in total. The highest BCUT2D eigenvalue weighted by molar-refractivity contribution is 7.15. The van der Waals surface area contributed by atoms with Crippen LogP contribution < -0.4 is 5.73 Å². The molecule has 0 saturated carbocycles. The predicted octanol–water partition coefficient (Wildman–Crippen LogP) is 1.80. The van der Waals surface area contributed by atoms with Gasteiger partial charge in [-0.15, -0.1) is 11.3 Å². The highest BCUT2D eigenvalue weighted by Gasteiger charge is 2.30. The Kier molecular flexibility index (Phi) is 4.78. The molecule has 0 aromatic carbocycles. The summed E-state index contributed by atoms with van der Waals surface area (Å²) < 4.78 is 5.83. The minimum Gasteiger partial charge on any atom is -0.375 e. The van der Waals surface area contributed by atoms with E-state index in [9.17, 15) is 0 Å². The van der Waals surface area contributed by atoms with Crippen molar-refractivity contribution in [1.29, 1.82) is 0 Å². The summed E-state index contributed by atoms with van der Waals surface area (Å²) in [5.74, 6) is 0. The molecule has 3 heterocycles. The molecule has 0 radical (unpaired) electrons. The van der Waals surface area contributed by atoms with Crippen LogP contribution in [0.3, 0.4) is 0 Å². The van der Waals surface area contributed by atoms with Crippen molar-refractivity contribution in [3.8, 4) is 0 Å². The zero-order valence-corrected chi connectivity index (χ0v) is 13.8. The summed E-state index contributed by atoms with van der Waals surface area (Å²) in [5.41, 5.74) is 5.73. The maximum atomic E-state index is 5.83. The number of likely N-dealkylation sites (tertiary alicyclic amines) is 1. The predicted molar refractivity (Wildman–Crippen MR) is 86.4 cm³/mol. The van der Waals surface area contributed by atoms with E-state index >= 15 is 0 Å². The molecule has 3 atom stereocenters. The number of thiazole rings is 1. The molecule has 5 nitrogen and oxygen atoms in total. The number of nitrogens with zero attached hydrogens (tertiary/aromatic N) is 3. The van der Waals surface area contributed by atoms with Gasteiger partial charge in [0.1, 0.15) is 0 Å². The number of ether oxygens (including phenoxy) is 1. The quantitative estimate of drug-likeness (QED) is 0.919. The number of nitrogens with two attached hydrogens (primary N) is 1. The van der Waals surface area contributed by atoms with Crippen LogP contribution in [0.4, 0.5) is 5.13 Å². The van der Waals surface area contributed by atoms with Crippen molar-refractivity contribution < 1.29 is 4.74 Å². The smallest absolute Gasteiger partial charge is 0.180 e. The van der Waals surface area contributed by atoms with Crippen LogP contribution in [-0.2, 0) is 11.3 Å². The van der Waals surface area contributed by atoms with Crippen LogP contribution in [0, 0.1) is 0 Å². The summed E-state index contributed by atoms with van der Waals surface area (Å²) in [7, 11) is 0. The van der Waals surface area contributed by atoms with Crippen molar-refractivity contribution in [1.82, 2.24) is 14.8 Å². The fourth-order valence-corrected chi connectivity index (χ4v) is 4.35. The van der Waals surface area contributed by atoms with E-state index < -0.39 is 0 Å². The van der Waals surface area contributed by atoms with E-state index in [1.54, 1.807) is 11.3 Å². The molecule has 3 rings (SSSR count). The zero-order valence-electron chi connectivity index (χ0n) is 13.0. The summed E-state index contributed by atoms with van der Waals surface area (Å²) in [4.78, 5) is 10.6. The minimum absolute atomic E-state index is 0.352. The Morgan fingerprint density at radius 1 is 1.38 bits per heavy atom. The lowest BCUT2D eigenvalue weighted by Gasteiger charge is -2.38. The third-order valence-electron chi connectivity index (χ3n) is 4.39. The first kappa shape index (κ1) is 15.2. The molecule has 21 heavy (non-hydrogen) atoms. The van der Waals surface area contributed by atoms with Gasteiger partial charge in [-0.25, -0.2) is 4.98 Å². The first-order chi connectivity index (χ1) is 10.1. The molecular formula is C15H26N4OS. The number of anilines is 1. The summed E-state index contributed by atoms with van der Waals surface area (Å²) in [6, 6.07) is 0.658. The lowest BCUT2D eigenvalue weighted by Crippen LogP contribution is -2.49. The normalized spacial score (nSPS) is 31.8. The maximum absolute atomic E-state index is 5.83. The highest BCUT2D eigenvalue weighted by Crippen LogP contribution is 2.25. The zero-order chi connectivity index (χ0) is 14.8. The Balaban J connectivity index is 1.56. The molecule has 0 aliphatic carbocycles. The third-order valence-corrected chi connectivity index (χ3v) is 5.20. The molecule has 6 heteroatoms. The number of nitrogen functional groups attached to an aromatic ring is 1. The van der Waals surface area contributed by atoms with Crippen molar-refractivity contribution in [2.75, 3.05) is 31.9 Å². The lowest BCUT2D eigenvalue weighted by molar-refractivity contribution is -0.0724. The molecule has 1 aromatic heterocycles. The molecule has 3 unspecified atom stereocenters. The fraction of sp³-hybridized carbons (Fsp3) is 0.800. The lowest BCUT2D eigenvalue weighted by atomic mass is 10.1. The molecule has 0 bridgehead atoms. The standard InChI is InChI=1S/C15H26N4OS/c1-11-7-18(8-12(2)20-11)9-13-4-3-5-19(13)10-14-6-17-15(16)21-14/h6,11-13H,3-5,7-10H2,1-2H3,(H2,16,17). The number of rotatable bonds is 4. The van der Waals surface area contributed by atoms with Gasteiger partial charge in [0.15, 0.2) is 5.13 Å². The minimum atomic E-state index is 0.352. The van der Waals surface area contributed by atoms with E-state index in [1.165, 1.54) is 24.3 Å². The van der Waals surface area contributed by atoms with Crippen LogP contribution in [0.1, 0.15) is 31.6 Å². The fourth-order valence-electron chi connectivity index (χ4n) is 3.64.